The Kier molecular flexibility index (Phi) is 4.76. The second-order valence-corrected chi connectivity index (χ2v) is 5.08. The Morgan fingerprint density at radius 1 is 1.11 bits per heavy atom. The summed E-state index contributed by atoms with van der Waals surface area (Å²) in [7, 11) is 0. The Hall–Kier alpha value is -1.31. The van der Waals surface area contributed by atoms with Crippen LogP contribution in [0.1, 0.15) is 27.7 Å². The minimum Gasteiger partial charge on any atom is -0.480 e. The Morgan fingerprint density at radius 3 is 1.83 bits per heavy atom. The number of carbonyl (C=O) groups is 2. The van der Waals surface area contributed by atoms with E-state index >= 15 is 0 Å². The van der Waals surface area contributed by atoms with Crippen molar-refractivity contribution in [2.45, 2.75) is 44.9 Å². The molecular formula is C10H17F3N2O3. The number of halogens is 3. The van der Waals surface area contributed by atoms with E-state index in [2.05, 4.69) is 5.32 Å². The number of carbonyl (C=O) groups excluding carboxylic acids is 1. The molecule has 0 saturated heterocycles. The fourth-order valence-corrected chi connectivity index (χ4v) is 1.02. The van der Waals surface area contributed by atoms with Gasteiger partial charge in [-0.25, -0.2) is 4.79 Å². The minimum absolute atomic E-state index is 0.472. The third-order valence-electron chi connectivity index (χ3n) is 2.11. The average Bonchev–Trinajstić information content (AvgIpc) is 2.08. The highest BCUT2D eigenvalue weighted by atomic mass is 19.4. The summed E-state index contributed by atoms with van der Waals surface area (Å²) in [4.78, 5) is 22.0. The molecule has 106 valence electrons. The van der Waals surface area contributed by atoms with Crippen LogP contribution in [0.25, 0.3) is 0 Å². The van der Waals surface area contributed by atoms with Crippen LogP contribution < -0.4 is 10.6 Å². The van der Waals surface area contributed by atoms with Crippen molar-refractivity contribution in [3.8, 4) is 0 Å². The van der Waals surface area contributed by atoms with Gasteiger partial charge >= 0.3 is 12.1 Å². The molecule has 0 radical (unpaired) electrons. The van der Waals surface area contributed by atoms with Gasteiger partial charge in [0.15, 0.2) is 0 Å². The van der Waals surface area contributed by atoms with Crippen molar-refractivity contribution in [3.05, 3.63) is 0 Å². The highest BCUT2D eigenvalue weighted by Gasteiger charge is 2.57. The molecule has 0 aliphatic rings. The molecule has 8 heteroatoms. The molecule has 0 aromatic heterocycles. The lowest BCUT2D eigenvalue weighted by Crippen LogP contribution is -2.62. The number of rotatable bonds is 4. The zero-order valence-corrected chi connectivity index (χ0v) is 10.6. The second-order valence-electron chi connectivity index (χ2n) is 5.08. The Labute approximate surface area is 103 Å². The van der Waals surface area contributed by atoms with E-state index in [1.165, 1.54) is 0 Å². The molecular weight excluding hydrogens is 253 g/mol. The molecule has 0 aromatic carbocycles. The Bertz CT molecular complexity index is 336. The van der Waals surface area contributed by atoms with E-state index in [0.717, 1.165) is 0 Å². The zero-order chi connectivity index (χ0) is 14.8. The van der Waals surface area contributed by atoms with E-state index in [-0.39, 0.29) is 0 Å². The number of hydrogen-bond donors (Lipinski definition) is 3. The largest absolute Gasteiger partial charge is 0.480 e. The van der Waals surface area contributed by atoms with E-state index in [0.29, 0.717) is 6.92 Å². The van der Waals surface area contributed by atoms with E-state index in [9.17, 15) is 22.8 Å². The van der Waals surface area contributed by atoms with Crippen LogP contribution in [0.2, 0.25) is 0 Å². The molecule has 0 fully saturated rings. The van der Waals surface area contributed by atoms with Gasteiger partial charge in [0.2, 0.25) is 11.4 Å². The molecule has 0 aromatic rings. The number of aliphatic carboxylic acids is 1. The predicted molar refractivity (Wildman–Crippen MR) is 58.0 cm³/mol. The van der Waals surface area contributed by atoms with E-state index in [1.807, 2.05) is 0 Å². The summed E-state index contributed by atoms with van der Waals surface area (Å²) in [6.07, 6.45) is -5.00. The van der Waals surface area contributed by atoms with Gasteiger partial charge in [0.25, 0.3) is 0 Å². The third-order valence-corrected chi connectivity index (χ3v) is 2.11. The summed E-state index contributed by atoms with van der Waals surface area (Å²) in [5.74, 6) is -2.79. The summed E-state index contributed by atoms with van der Waals surface area (Å²) in [6.45, 7) is 4.71. The molecule has 0 saturated carbocycles. The van der Waals surface area contributed by atoms with Crippen molar-refractivity contribution in [2.75, 3.05) is 6.54 Å². The summed E-state index contributed by atoms with van der Waals surface area (Å²) >= 11 is 0. The lowest BCUT2D eigenvalue weighted by atomic mass is 10.0. The van der Waals surface area contributed by atoms with Crippen LogP contribution in [-0.2, 0) is 9.59 Å². The van der Waals surface area contributed by atoms with Crippen molar-refractivity contribution in [1.29, 1.82) is 0 Å². The smallest absolute Gasteiger partial charge is 0.417 e. The molecule has 18 heavy (non-hydrogen) atoms. The third kappa shape index (κ3) is 4.52. The number of carboxylic acids is 1. The maximum atomic E-state index is 12.6. The number of hydrogen-bond acceptors (Lipinski definition) is 3. The van der Waals surface area contributed by atoms with Gasteiger partial charge in [-0.1, -0.05) is 0 Å². The van der Waals surface area contributed by atoms with Gasteiger partial charge in [0.1, 0.15) is 0 Å². The van der Waals surface area contributed by atoms with Gasteiger partial charge in [-0.05, 0) is 27.7 Å². The van der Waals surface area contributed by atoms with Crippen LogP contribution in [0.4, 0.5) is 13.2 Å². The highest BCUT2D eigenvalue weighted by molar-refractivity contribution is 5.82. The van der Waals surface area contributed by atoms with Crippen molar-refractivity contribution >= 4 is 11.9 Å². The monoisotopic (exact) mass is 270 g/mol. The first kappa shape index (κ1) is 16.7. The first-order valence-corrected chi connectivity index (χ1v) is 5.16. The molecule has 0 aliphatic carbocycles. The molecule has 0 bridgehead atoms. The zero-order valence-electron chi connectivity index (χ0n) is 10.6. The molecule has 3 N–H and O–H groups in total. The van der Waals surface area contributed by atoms with E-state index in [1.54, 1.807) is 26.1 Å². The SMILES string of the molecule is CC(C)(C)NC(=O)CNC(C)(C(=O)O)C(F)(F)F. The van der Waals surface area contributed by atoms with Crippen molar-refractivity contribution in [1.82, 2.24) is 10.6 Å². The van der Waals surface area contributed by atoms with Crippen LogP contribution in [0.15, 0.2) is 0 Å². The molecule has 1 atom stereocenters. The number of amides is 1. The Balaban J connectivity index is 4.67. The lowest BCUT2D eigenvalue weighted by Gasteiger charge is -2.29. The van der Waals surface area contributed by atoms with E-state index in [4.69, 9.17) is 5.11 Å². The molecule has 1 amide bonds. The van der Waals surface area contributed by atoms with Crippen LogP contribution >= 0.6 is 0 Å². The second kappa shape index (κ2) is 5.13. The van der Waals surface area contributed by atoms with Crippen LogP contribution in [0.3, 0.4) is 0 Å². The number of alkyl halides is 3. The summed E-state index contributed by atoms with van der Waals surface area (Å²) in [6, 6.07) is 0. The first-order chi connectivity index (χ1) is 7.79. The molecule has 5 nitrogen and oxygen atoms in total. The van der Waals surface area contributed by atoms with E-state index < -0.39 is 35.7 Å². The van der Waals surface area contributed by atoms with Gasteiger partial charge in [-0.3, -0.25) is 10.1 Å². The summed E-state index contributed by atoms with van der Waals surface area (Å²) < 4.78 is 37.7. The van der Waals surface area contributed by atoms with Gasteiger partial charge in [0.05, 0.1) is 6.54 Å². The fourth-order valence-electron chi connectivity index (χ4n) is 1.02. The summed E-state index contributed by atoms with van der Waals surface area (Å²) in [5, 5.41) is 12.7. The molecule has 0 rings (SSSR count). The van der Waals surface area contributed by atoms with Crippen LogP contribution in [-0.4, -0.2) is 40.8 Å². The van der Waals surface area contributed by atoms with Crippen molar-refractivity contribution in [3.63, 3.8) is 0 Å². The molecule has 0 spiro atoms. The predicted octanol–water partition coefficient (Wildman–Crippen LogP) is 0.896. The van der Waals surface area contributed by atoms with Crippen LogP contribution in [0, 0.1) is 0 Å². The van der Waals surface area contributed by atoms with Crippen LogP contribution in [0.5, 0.6) is 0 Å². The number of carboxylic acid groups (broad SMARTS) is 1. The van der Waals surface area contributed by atoms with Gasteiger partial charge in [-0.15, -0.1) is 0 Å². The number of nitrogens with one attached hydrogen (secondary N) is 2. The topological polar surface area (TPSA) is 78.4 Å². The molecule has 0 aliphatic heterocycles. The minimum atomic E-state index is -5.00. The van der Waals surface area contributed by atoms with Gasteiger partial charge in [0, 0.05) is 5.54 Å². The normalized spacial score (nSPS) is 15.9. The molecule has 0 heterocycles. The molecule has 1 unspecified atom stereocenters. The first-order valence-electron chi connectivity index (χ1n) is 5.16. The maximum Gasteiger partial charge on any atom is 0.417 e. The van der Waals surface area contributed by atoms with Gasteiger partial charge in [-0.2, -0.15) is 13.2 Å². The maximum absolute atomic E-state index is 12.6. The standard InChI is InChI=1S/C10H17F3N2O3/c1-8(2,3)15-6(16)5-14-9(4,7(17)18)10(11,12)13/h14H,5H2,1-4H3,(H,15,16)(H,17,18). The van der Waals surface area contributed by atoms with Crippen molar-refractivity contribution < 1.29 is 27.9 Å². The summed E-state index contributed by atoms with van der Waals surface area (Å²) in [5.41, 5.74) is -3.75. The highest BCUT2D eigenvalue weighted by Crippen LogP contribution is 2.30. The average molecular weight is 270 g/mol. The fraction of sp³-hybridized carbons (Fsp3) is 0.800. The lowest BCUT2D eigenvalue weighted by molar-refractivity contribution is -0.205. The van der Waals surface area contributed by atoms with Gasteiger partial charge < -0.3 is 10.4 Å². The quantitative estimate of drug-likeness (QED) is 0.709. The van der Waals surface area contributed by atoms with Crippen molar-refractivity contribution in [2.24, 2.45) is 0 Å². The Morgan fingerprint density at radius 2 is 1.56 bits per heavy atom.